The summed E-state index contributed by atoms with van der Waals surface area (Å²) < 4.78 is 18.5. The first-order valence-corrected chi connectivity index (χ1v) is 8.29. The Hall–Kier alpha value is -2.40. The van der Waals surface area contributed by atoms with Crippen LogP contribution in [0, 0.1) is 5.82 Å². The van der Waals surface area contributed by atoms with Crippen molar-refractivity contribution in [1.29, 1.82) is 0 Å². The number of esters is 1. The third-order valence-electron chi connectivity index (χ3n) is 3.77. The van der Waals surface area contributed by atoms with Gasteiger partial charge in [-0.2, -0.15) is 0 Å². The molecule has 0 saturated carbocycles. The van der Waals surface area contributed by atoms with Gasteiger partial charge in [-0.15, -0.1) is 0 Å². The minimum absolute atomic E-state index is 0.0604. The van der Waals surface area contributed by atoms with Gasteiger partial charge < -0.3 is 10.1 Å². The lowest BCUT2D eigenvalue weighted by Gasteiger charge is -2.15. The lowest BCUT2D eigenvalue weighted by molar-refractivity contribution is -0.124. The summed E-state index contributed by atoms with van der Waals surface area (Å²) in [6.45, 7) is 3.38. The molecule has 2 aromatic carbocycles. The van der Waals surface area contributed by atoms with Crippen molar-refractivity contribution in [3.05, 3.63) is 70.0 Å². The van der Waals surface area contributed by atoms with Crippen LogP contribution in [-0.2, 0) is 16.0 Å². The highest BCUT2D eigenvalue weighted by Crippen LogP contribution is 2.20. The van der Waals surface area contributed by atoms with Crippen molar-refractivity contribution in [2.45, 2.75) is 26.3 Å². The normalized spacial score (nSPS) is 11.7. The molecule has 0 aliphatic carbocycles. The van der Waals surface area contributed by atoms with E-state index in [1.807, 2.05) is 31.2 Å². The fraction of sp³-hybridized carbons (Fsp3) is 0.263. The van der Waals surface area contributed by atoms with E-state index in [0.717, 1.165) is 18.1 Å². The van der Waals surface area contributed by atoms with E-state index < -0.39 is 24.3 Å². The summed E-state index contributed by atoms with van der Waals surface area (Å²) in [6.07, 6.45) is 0.940. The molecule has 0 bridgehead atoms. The summed E-state index contributed by atoms with van der Waals surface area (Å²) in [4.78, 5) is 23.8. The lowest BCUT2D eigenvalue weighted by Crippen LogP contribution is -2.31. The molecule has 132 valence electrons. The first-order chi connectivity index (χ1) is 11.9. The molecule has 2 aromatic rings. The highest BCUT2D eigenvalue weighted by Gasteiger charge is 2.19. The predicted octanol–water partition coefficient (Wildman–Crippen LogP) is 4.08. The van der Waals surface area contributed by atoms with Crippen LogP contribution in [0.3, 0.4) is 0 Å². The largest absolute Gasteiger partial charge is 0.452 e. The molecule has 0 aromatic heterocycles. The molecule has 1 atom stereocenters. The Kier molecular flexibility index (Phi) is 6.53. The average molecular weight is 364 g/mol. The van der Waals surface area contributed by atoms with E-state index in [9.17, 15) is 14.0 Å². The minimum atomic E-state index is -0.974. The van der Waals surface area contributed by atoms with Crippen LogP contribution in [0.2, 0.25) is 5.02 Å². The number of halogens is 2. The quantitative estimate of drug-likeness (QED) is 0.787. The third-order valence-corrected chi connectivity index (χ3v) is 4.08. The zero-order valence-electron chi connectivity index (χ0n) is 14.0. The van der Waals surface area contributed by atoms with Gasteiger partial charge in [-0.3, -0.25) is 4.79 Å². The molecule has 4 nitrogen and oxygen atoms in total. The molecule has 2 rings (SSSR count). The zero-order valence-corrected chi connectivity index (χ0v) is 14.8. The fourth-order valence-electron chi connectivity index (χ4n) is 2.30. The number of nitrogens with one attached hydrogen (secondary N) is 1. The van der Waals surface area contributed by atoms with Crippen LogP contribution in [0.25, 0.3) is 0 Å². The monoisotopic (exact) mass is 363 g/mol. The second kappa shape index (κ2) is 8.62. The Bertz CT molecular complexity index is 742. The number of carbonyl (C=O) groups is 2. The van der Waals surface area contributed by atoms with Crippen LogP contribution in [0.5, 0.6) is 0 Å². The summed E-state index contributed by atoms with van der Waals surface area (Å²) in [5.41, 5.74) is 1.77. The van der Waals surface area contributed by atoms with Crippen LogP contribution in [0.4, 0.5) is 4.39 Å². The molecular formula is C19H19ClFNO3. The number of ether oxygens (including phenoxy) is 1. The average Bonchev–Trinajstić information content (AvgIpc) is 2.60. The number of rotatable bonds is 6. The molecular weight excluding hydrogens is 345 g/mol. The first kappa shape index (κ1) is 18.9. The van der Waals surface area contributed by atoms with Gasteiger partial charge in [-0.1, -0.05) is 48.9 Å². The highest BCUT2D eigenvalue weighted by atomic mass is 35.5. The Morgan fingerprint density at radius 3 is 2.48 bits per heavy atom. The molecule has 0 heterocycles. The van der Waals surface area contributed by atoms with E-state index in [1.165, 1.54) is 17.7 Å². The Labute approximate surface area is 150 Å². The zero-order chi connectivity index (χ0) is 18.4. The topological polar surface area (TPSA) is 55.4 Å². The Morgan fingerprint density at radius 2 is 1.88 bits per heavy atom. The SMILES string of the molecule is CCc1ccc([C@@H](C)NC(=O)COC(=O)c2c(F)cccc2Cl)cc1. The predicted molar refractivity (Wildman–Crippen MR) is 94.1 cm³/mol. The third kappa shape index (κ3) is 5.03. The molecule has 0 aliphatic heterocycles. The van der Waals surface area contributed by atoms with Gasteiger partial charge in [-0.25, -0.2) is 9.18 Å². The van der Waals surface area contributed by atoms with Crippen molar-refractivity contribution in [3.63, 3.8) is 0 Å². The molecule has 0 spiro atoms. The second-order valence-corrected chi connectivity index (χ2v) is 5.96. The van der Waals surface area contributed by atoms with Gasteiger partial charge in [0.15, 0.2) is 6.61 Å². The molecule has 0 saturated heterocycles. The maximum Gasteiger partial charge on any atom is 0.343 e. The summed E-state index contributed by atoms with van der Waals surface area (Å²) in [5.74, 6) is -2.24. The maximum atomic E-state index is 13.6. The fourth-order valence-corrected chi connectivity index (χ4v) is 2.54. The van der Waals surface area contributed by atoms with E-state index in [2.05, 4.69) is 12.2 Å². The number of hydrogen-bond donors (Lipinski definition) is 1. The second-order valence-electron chi connectivity index (χ2n) is 5.56. The van der Waals surface area contributed by atoms with Gasteiger partial charge in [0.2, 0.25) is 0 Å². The van der Waals surface area contributed by atoms with Gasteiger partial charge >= 0.3 is 5.97 Å². The lowest BCUT2D eigenvalue weighted by atomic mass is 10.1. The number of aryl methyl sites for hydroxylation is 1. The van der Waals surface area contributed by atoms with E-state index in [1.54, 1.807) is 0 Å². The first-order valence-electron chi connectivity index (χ1n) is 7.91. The van der Waals surface area contributed by atoms with E-state index in [-0.39, 0.29) is 16.6 Å². The van der Waals surface area contributed by atoms with Crippen molar-refractivity contribution in [2.75, 3.05) is 6.61 Å². The van der Waals surface area contributed by atoms with Crippen molar-refractivity contribution < 1.29 is 18.7 Å². The van der Waals surface area contributed by atoms with Crippen molar-refractivity contribution in [3.8, 4) is 0 Å². The number of hydrogen-bond acceptors (Lipinski definition) is 3. The van der Waals surface area contributed by atoms with E-state index in [0.29, 0.717) is 0 Å². The molecule has 0 radical (unpaired) electrons. The van der Waals surface area contributed by atoms with Gasteiger partial charge in [0.1, 0.15) is 11.4 Å². The molecule has 25 heavy (non-hydrogen) atoms. The number of amides is 1. The Morgan fingerprint density at radius 1 is 1.20 bits per heavy atom. The van der Waals surface area contributed by atoms with E-state index in [4.69, 9.17) is 16.3 Å². The van der Waals surface area contributed by atoms with Crippen LogP contribution < -0.4 is 5.32 Å². The molecule has 0 fully saturated rings. The summed E-state index contributed by atoms with van der Waals surface area (Å²) >= 11 is 5.79. The summed E-state index contributed by atoms with van der Waals surface area (Å²) in [5, 5.41) is 2.67. The van der Waals surface area contributed by atoms with Crippen molar-refractivity contribution in [1.82, 2.24) is 5.32 Å². The molecule has 0 aliphatic rings. The van der Waals surface area contributed by atoms with E-state index >= 15 is 0 Å². The van der Waals surface area contributed by atoms with Crippen molar-refractivity contribution >= 4 is 23.5 Å². The smallest absolute Gasteiger partial charge is 0.343 e. The molecule has 6 heteroatoms. The number of benzene rings is 2. The van der Waals surface area contributed by atoms with Crippen LogP contribution in [0.15, 0.2) is 42.5 Å². The van der Waals surface area contributed by atoms with Gasteiger partial charge in [-0.05, 0) is 36.6 Å². The molecule has 1 amide bonds. The molecule has 0 unspecified atom stereocenters. The number of carbonyl (C=O) groups excluding carboxylic acids is 2. The van der Waals surface area contributed by atoms with Crippen LogP contribution in [0.1, 0.15) is 41.4 Å². The minimum Gasteiger partial charge on any atom is -0.452 e. The molecule has 1 N–H and O–H groups in total. The van der Waals surface area contributed by atoms with Gasteiger partial charge in [0, 0.05) is 0 Å². The van der Waals surface area contributed by atoms with Crippen LogP contribution in [-0.4, -0.2) is 18.5 Å². The summed E-state index contributed by atoms with van der Waals surface area (Å²) in [7, 11) is 0. The van der Waals surface area contributed by atoms with Crippen LogP contribution >= 0.6 is 11.6 Å². The maximum absolute atomic E-state index is 13.6. The van der Waals surface area contributed by atoms with Crippen molar-refractivity contribution in [2.24, 2.45) is 0 Å². The van der Waals surface area contributed by atoms with Gasteiger partial charge in [0.25, 0.3) is 5.91 Å². The summed E-state index contributed by atoms with van der Waals surface area (Å²) in [6, 6.07) is 11.5. The standard InChI is InChI=1S/C19H19ClFNO3/c1-3-13-7-9-14(10-8-13)12(2)22-17(23)11-25-19(24)18-15(20)5-4-6-16(18)21/h4-10,12H,3,11H2,1-2H3,(H,22,23)/t12-/m1/s1. The Balaban J connectivity index is 1.90. The highest BCUT2D eigenvalue weighted by molar-refractivity contribution is 6.33. The van der Waals surface area contributed by atoms with Gasteiger partial charge in [0.05, 0.1) is 11.1 Å².